The first-order chi connectivity index (χ1) is 10.1. The Morgan fingerprint density at radius 3 is 2.81 bits per heavy atom. The second kappa shape index (κ2) is 7.29. The van der Waals surface area contributed by atoms with Crippen molar-refractivity contribution in [3.63, 3.8) is 0 Å². The summed E-state index contributed by atoms with van der Waals surface area (Å²) >= 11 is 6.17. The van der Waals surface area contributed by atoms with Crippen LogP contribution in [0.3, 0.4) is 0 Å². The number of benzene rings is 1. The van der Waals surface area contributed by atoms with Gasteiger partial charge in [0.15, 0.2) is 0 Å². The van der Waals surface area contributed by atoms with Gasteiger partial charge in [0.2, 0.25) is 5.91 Å². The van der Waals surface area contributed by atoms with Gasteiger partial charge < -0.3 is 15.1 Å². The molecule has 0 unspecified atom stereocenters. The second-order valence-electron chi connectivity index (χ2n) is 4.99. The monoisotopic (exact) mass is 306 g/mol. The molecule has 0 spiro atoms. The minimum Gasteiger partial charge on any atom is -0.468 e. The van der Waals surface area contributed by atoms with Crippen LogP contribution in [0.5, 0.6) is 0 Å². The van der Waals surface area contributed by atoms with Gasteiger partial charge in [-0.2, -0.15) is 0 Å². The number of hydrogen-bond donors (Lipinski definition) is 2. The Hall–Kier alpha value is -1.78. The van der Waals surface area contributed by atoms with Crippen molar-refractivity contribution in [1.29, 1.82) is 0 Å². The van der Waals surface area contributed by atoms with Crippen molar-refractivity contribution in [1.82, 2.24) is 5.32 Å². The van der Waals surface area contributed by atoms with Crippen molar-refractivity contribution in [3.05, 3.63) is 52.4 Å². The summed E-state index contributed by atoms with van der Waals surface area (Å²) in [5, 5.41) is 6.59. The summed E-state index contributed by atoms with van der Waals surface area (Å²) in [6.45, 7) is 5.10. The zero-order valence-corrected chi connectivity index (χ0v) is 13.0. The fourth-order valence-corrected chi connectivity index (χ4v) is 2.47. The van der Waals surface area contributed by atoms with E-state index in [9.17, 15) is 4.79 Å². The van der Waals surface area contributed by atoms with Gasteiger partial charge in [-0.3, -0.25) is 4.79 Å². The zero-order valence-electron chi connectivity index (χ0n) is 12.2. The van der Waals surface area contributed by atoms with Crippen LogP contribution < -0.4 is 10.6 Å². The topological polar surface area (TPSA) is 54.3 Å². The third-order valence-corrected chi connectivity index (χ3v) is 3.40. The lowest BCUT2D eigenvalue weighted by molar-refractivity contribution is -0.116. The molecule has 4 nitrogen and oxygen atoms in total. The molecular formula is C16H19ClN2O2. The highest BCUT2D eigenvalue weighted by Crippen LogP contribution is 2.27. The first kappa shape index (κ1) is 15.6. The fraction of sp³-hybridized carbons (Fsp3) is 0.312. The number of nitrogens with one attached hydrogen (secondary N) is 2. The normalized spacial score (nSPS) is 10.6. The van der Waals surface area contributed by atoms with Crippen molar-refractivity contribution in [2.45, 2.75) is 26.8 Å². The van der Waals surface area contributed by atoms with Crippen molar-refractivity contribution >= 4 is 23.2 Å². The highest BCUT2D eigenvalue weighted by atomic mass is 35.5. The van der Waals surface area contributed by atoms with Crippen molar-refractivity contribution in [3.8, 4) is 0 Å². The standard InChI is InChI=1S/C16H19ClN2O2/c1-11-8-12(2)16(14(17)9-11)19-15(20)5-6-18-10-13-4-3-7-21-13/h3-4,7-9,18H,5-6,10H2,1-2H3,(H,19,20). The number of amides is 1. The number of anilines is 1. The number of furan rings is 1. The van der Waals surface area contributed by atoms with Gasteiger partial charge in [-0.1, -0.05) is 17.7 Å². The molecule has 0 atom stereocenters. The van der Waals surface area contributed by atoms with Gasteiger partial charge in [-0.05, 0) is 43.2 Å². The Morgan fingerprint density at radius 2 is 2.14 bits per heavy atom. The second-order valence-corrected chi connectivity index (χ2v) is 5.40. The van der Waals surface area contributed by atoms with E-state index < -0.39 is 0 Å². The van der Waals surface area contributed by atoms with Crippen molar-refractivity contribution < 1.29 is 9.21 Å². The van der Waals surface area contributed by atoms with E-state index in [0.717, 1.165) is 16.9 Å². The van der Waals surface area contributed by atoms with E-state index in [2.05, 4.69) is 10.6 Å². The lowest BCUT2D eigenvalue weighted by Crippen LogP contribution is -2.21. The third-order valence-electron chi connectivity index (χ3n) is 3.10. The molecule has 0 aliphatic carbocycles. The van der Waals surface area contributed by atoms with E-state index >= 15 is 0 Å². The largest absolute Gasteiger partial charge is 0.468 e. The first-order valence-corrected chi connectivity index (χ1v) is 7.24. The van der Waals surface area contributed by atoms with Gasteiger partial charge in [0.1, 0.15) is 5.76 Å². The highest BCUT2D eigenvalue weighted by Gasteiger charge is 2.09. The number of hydrogen-bond acceptors (Lipinski definition) is 3. The molecule has 0 aliphatic heterocycles. The van der Waals surface area contributed by atoms with Gasteiger partial charge in [0.05, 0.1) is 23.5 Å². The predicted molar refractivity (Wildman–Crippen MR) is 84.6 cm³/mol. The zero-order chi connectivity index (χ0) is 15.2. The maximum absolute atomic E-state index is 11.9. The van der Waals surface area contributed by atoms with E-state index in [1.807, 2.05) is 38.1 Å². The fourth-order valence-electron chi connectivity index (χ4n) is 2.10. The summed E-state index contributed by atoms with van der Waals surface area (Å²) < 4.78 is 5.20. The van der Waals surface area contributed by atoms with E-state index in [0.29, 0.717) is 30.2 Å². The molecular weight excluding hydrogens is 288 g/mol. The van der Waals surface area contributed by atoms with Crippen LogP contribution >= 0.6 is 11.6 Å². The van der Waals surface area contributed by atoms with E-state index in [1.165, 1.54) is 0 Å². The van der Waals surface area contributed by atoms with Gasteiger partial charge in [-0.25, -0.2) is 0 Å². The van der Waals surface area contributed by atoms with E-state index in [4.69, 9.17) is 16.0 Å². The van der Waals surface area contributed by atoms with Crippen LogP contribution in [0.2, 0.25) is 5.02 Å². The molecule has 0 saturated carbocycles. The van der Waals surface area contributed by atoms with Crippen LogP contribution in [-0.2, 0) is 11.3 Å². The molecule has 2 rings (SSSR count). The van der Waals surface area contributed by atoms with Gasteiger partial charge in [-0.15, -0.1) is 0 Å². The molecule has 0 bridgehead atoms. The maximum atomic E-state index is 11.9. The molecule has 1 amide bonds. The third kappa shape index (κ3) is 4.62. The number of carbonyl (C=O) groups is 1. The van der Waals surface area contributed by atoms with Crippen LogP contribution in [0.1, 0.15) is 23.3 Å². The van der Waals surface area contributed by atoms with Gasteiger partial charge in [0, 0.05) is 13.0 Å². The quantitative estimate of drug-likeness (QED) is 0.801. The Kier molecular flexibility index (Phi) is 5.42. The van der Waals surface area contributed by atoms with Crippen LogP contribution in [0, 0.1) is 13.8 Å². The minimum atomic E-state index is -0.0594. The molecule has 0 fully saturated rings. The average molecular weight is 307 g/mol. The van der Waals surface area contributed by atoms with E-state index in [-0.39, 0.29) is 5.91 Å². The molecule has 1 aromatic carbocycles. The van der Waals surface area contributed by atoms with Crippen LogP contribution in [0.25, 0.3) is 0 Å². The molecule has 0 saturated heterocycles. The lowest BCUT2D eigenvalue weighted by Gasteiger charge is -2.11. The lowest BCUT2D eigenvalue weighted by atomic mass is 10.1. The van der Waals surface area contributed by atoms with Crippen LogP contribution in [0.15, 0.2) is 34.9 Å². The smallest absolute Gasteiger partial charge is 0.225 e. The number of aryl methyl sites for hydroxylation is 2. The highest BCUT2D eigenvalue weighted by molar-refractivity contribution is 6.34. The average Bonchev–Trinajstić information content (AvgIpc) is 2.92. The Morgan fingerprint density at radius 1 is 1.33 bits per heavy atom. The summed E-state index contributed by atoms with van der Waals surface area (Å²) in [5.41, 5.74) is 2.74. The van der Waals surface area contributed by atoms with E-state index in [1.54, 1.807) is 6.26 Å². The number of carbonyl (C=O) groups excluding carboxylic acids is 1. The summed E-state index contributed by atoms with van der Waals surface area (Å²) in [6.07, 6.45) is 2.01. The minimum absolute atomic E-state index is 0.0594. The molecule has 1 aromatic heterocycles. The molecule has 2 N–H and O–H groups in total. The van der Waals surface area contributed by atoms with Crippen LogP contribution in [0.4, 0.5) is 5.69 Å². The number of halogens is 1. The summed E-state index contributed by atoms with van der Waals surface area (Å²) in [4.78, 5) is 11.9. The Balaban J connectivity index is 1.79. The van der Waals surface area contributed by atoms with Gasteiger partial charge in [0.25, 0.3) is 0 Å². The maximum Gasteiger partial charge on any atom is 0.225 e. The summed E-state index contributed by atoms with van der Waals surface area (Å²) in [5.74, 6) is 0.795. The summed E-state index contributed by atoms with van der Waals surface area (Å²) in [6, 6.07) is 7.57. The van der Waals surface area contributed by atoms with Crippen molar-refractivity contribution in [2.75, 3.05) is 11.9 Å². The molecule has 5 heteroatoms. The number of rotatable bonds is 6. The molecule has 1 heterocycles. The molecule has 0 aliphatic rings. The molecule has 2 aromatic rings. The van der Waals surface area contributed by atoms with Crippen LogP contribution in [-0.4, -0.2) is 12.5 Å². The Labute approximate surface area is 129 Å². The molecule has 0 radical (unpaired) electrons. The van der Waals surface area contributed by atoms with Crippen molar-refractivity contribution in [2.24, 2.45) is 0 Å². The molecule has 112 valence electrons. The molecule has 21 heavy (non-hydrogen) atoms. The summed E-state index contributed by atoms with van der Waals surface area (Å²) in [7, 11) is 0. The predicted octanol–water partition coefficient (Wildman–Crippen LogP) is 3.67. The Bertz CT molecular complexity index is 586. The first-order valence-electron chi connectivity index (χ1n) is 6.86. The van der Waals surface area contributed by atoms with Gasteiger partial charge >= 0.3 is 0 Å². The SMILES string of the molecule is Cc1cc(C)c(NC(=O)CCNCc2ccco2)c(Cl)c1.